The van der Waals surface area contributed by atoms with Gasteiger partial charge in [0.25, 0.3) is 0 Å². The highest BCUT2D eigenvalue weighted by molar-refractivity contribution is 7.07. The fourth-order valence-electron chi connectivity index (χ4n) is 3.77. The van der Waals surface area contributed by atoms with Gasteiger partial charge in [0, 0.05) is 24.9 Å². The molecule has 0 unspecified atom stereocenters. The van der Waals surface area contributed by atoms with Crippen molar-refractivity contribution in [2.75, 3.05) is 11.4 Å². The van der Waals surface area contributed by atoms with Crippen LogP contribution in [0.15, 0.2) is 29.1 Å². The Kier molecular flexibility index (Phi) is 5.46. The predicted octanol–water partition coefficient (Wildman–Crippen LogP) is 4.10. The van der Waals surface area contributed by atoms with E-state index in [-0.39, 0.29) is 18.7 Å². The number of benzene rings is 1. The summed E-state index contributed by atoms with van der Waals surface area (Å²) in [5.41, 5.74) is 6.44. The monoisotopic (exact) mass is 422 g/mol. The van der Waals surface area contributed by atoms with Gasteiger partial charge in [0.1, 0.15) is 17.7 Å². The third-order valence-corrected chi connectivity index (χ3v) is 5.91. The minimum absolute atomic E-state index is 0.0973. The molecular formula is C22H19FN4O2S. The lowest BCUT2D eigenvalue weighted by molar-refractivity contribution is -0.136. The molecule has 0 spiro atoms. The van der Waals surface area contributed by atoms with Gasteiger partial charge in [-0.05, 0) is 48.1 Å². The third-order valence-electron chi connectivity index (χ3n) is 5.32. The maximum atomic E-state index is 14.9. The van der Waals surface area contributed by atoms with Crippen LogP contribution in [0.1, 0.15) is 34.2 Å². The molecule has 1 N–H and O–H groups in total. The molecule has 0 saturated carbocycles. The Balaban J connectivity index is 1.67. The minimum atomic E-state index is -0.941. The van der Waals surface area contributed by atoms with Crippen LogP contribution in [-0.2, 0) is 24.2 Å². The van der Waals surface area contributed by atoms with E-state index in [1.165, 1.54) is 11.3 Å². The van der Waals surface area contributed by atoms with Crippen LogP contribution in [-0.4, -0.2) is 27.6 Å². The van der Waals surface area contributed by atoms with E-state index in [2.05, 4.69) is 11.1 Å². The Labute approximate surface area is 177 Å². The van der Waals surface area contributed by atoms with E-state index in [1.54, 1.807) is 11.6 Å². The molecule has 2 aromatic heterocycles. The van der Waals surface area contributed by atoms with Gasteiger partial charge in [-0.1, -0.05) is 12.1 Å². The maximum Gasteiger partial charge on any atom is 0.303 e. The molecule has 0 aliphatic carbocycles. The second kappa shape index (κ2) is 8.20. The molecule has 8 heteroatoms. The van der Waals surface area contributed by atoms with Gasteiger partial charge in [-0.2, -0.15) is 5.26 Å². The molecule has 1 aliphatic rings. The van der Waals surface area contributed by atoms with Crippen molar-refractivity contribution in [2.45, 2.75) is 32.7 Å². The number of fused-ring (bicyclic) bond motifs is 1. The van der Waals surface area contributed by atoms with Crippen molar-refractivity contribution in [1.82, 2.24) is 9.97 Å². The Morgan fingerprint density at radius 2 is 2.23 bits per heavy atom. The first kappa shape index (κ1) is 20.0. The van der Waals surface area contributed by atoms with Crippen molar-refractivity contribution in [3.05, 3.63) is 62.7 Å². The van der Waals surface area contributed by atoms with Gasteiger partial charge in [-0.15, -0.1) is 11.3 Å². The number of aliphatic carboxylic acids is 1. The molecule has 6 nitrogen and oxygen atoms in total. The van der Waals surface area contributed by atoms with E-state index in [0.29, 0.717) is 47.7 Å². The van der Waals surface area contributed by atoms with Crippen LogP contribution in [0.3, 0.4) is 0 Å². The molecule has 1 aromatic carbocycles. The smallest absolute Gasteiger partial charge is 0.303 e. The zero-order valence-corrected chi connectivity index (χ0v) is 17.2. The van der Waals surface area contributed by atoms with Crippen LogP contribution in [0.5, 0.6) is 0 Å². The standard InChI is InChI=1S/C22H19FN4O2S/c1-13-8-18(19-11-30-12-25-19)26-22(17(13)9-24)27-7-6-16-15(10-27)3-2-14(21(16)23)4-5-20(28)29/h2-3,8,11-12H,4-7,10H2,1H3,(H,28,29). The zero-order valence-electron chi connectivity index (χ0n) is 16.4. The highest BCUT2D eigenvalue weighted by Crippen LogP contribution is 2.32. The van der Waals surface area contributed by atoms with Crippen LogP contribution < -0.4 is 4.90 Å². The summed E-state index contributed by atoms with van der Waals surface area (Å²) in [6, 6.07) is 7.63. The molecule has 0 amide bonds. The fourth-order valence-corrected chi connectivity index (χ4v) is 4.31. The largest absolute Gasteiger partial charge is 0.481 e. The second-order valence-corrected chi connectivity index (χ2v) is 7.97. The van der Waals surface area contributed by atoms with Crippen LogP contribution in [0.2, 0.25) is 0 Å². The molecule has 3 aromatic rings. The summed E-state index contributed by atoms with van der Waals surface area (Å²) in [6.45, 7) is 2.84. The first-order valence-corrected chi connectivity index (χ1v) is 10.5. The Morgan fingerprint density at radius 1 is 1.40 bits per heavy atom. The Hall–Kier alpha value is -3.31. The summed E-state index contributed by atoms with van der Waals surface area (Å²) in [6.07, 6.45) is 0.543. The lowest BCUT2D eigenvalue weighted by Crippen LogP contribution is -2.32. The second-order valence-electron chi connectivity index (χ2n) is 7.25. The van der Waals surface area contributed by atoms with Gasteiger partial charge < -0.3 is 10.0 Å². The third kappa shape index (κ3) is 3.76. The summed E-state index contributed by atoms with van der Waals surface area (Å²) in [5.74, 6) is -0.667. The molecule has 0 atom stereocenters. The number of aromatic nitrogens is 2. The highest BCUT2D eigenvalue weighted by atomic mass is 32.1. The maximum absolute atomic E-state index is 14.9. The summed E-state index contributed by atoms with van der Waals surface area (Å²) >= 11 is 1.48. The first-order valence-electron chi connectivity index (χ1n) is 9.54. The molecule has 0 bridgehead atoms. The number of halogens is 1. The number of nitriles is 1. The predicted molar refractivity (Wildman–Crippen MR) is 112 cm³/mol. The van der Waals surface area contributed by atoms with Crippen molar-refractivity contribution in [3.63, 3.8) is 0 Å². The number of carbonyl (C=O) groups is 1. The number of rotatable bonds is 5. The van der Waals surface area contributed by atoms with E-state index in [9.17, 15) is 14.4 Å². The van der Waals surface area contributed by atoms with Crippen molar-refractivity contribution in [2.24, 2.45) is 0 Å². The van der Waals surface area contributed by atoms with Gasteiger partial charge in [-0.3, -0.25) is 4.79 Å². The van der Waals surface area contributed by atoms with E-state index in [1.807, 2.05) is 29.3 Å². The molecule has 30 heavy (non-hydrogen) atoms. The highest BCUT2D eigenvalue weighted by Gasteiger charge is 2.25. The lowest BCUT2D eigenvalue weighted by Gasteiger charge is -2.31. The summed E-state index contributed by atoms with van der Waals surface area (Å²) < 4.78 is 14.9. The molecule has 152 valence electrons. The van der Waals surface area contributed by atoms with E-state index in [4.69, 9.17) is 10.1 Å². The average Bonchev–Trinajstić information content (AvgIpc) is 3.27. The summed E-state index contributed by atoms with van der Waals surface area (Å²) in [5, 5.41) is 20.5. The number of anilines is 1. The quantitative estimate of drug-likeness (QED) is 0.666. The van der Waals surface area contributed by atoms with Crippen molar-refractivity contribution in [3.8, 4) is 17.5 Å². The van der Waals surface area contributed by atoms with E-state index >= 15 is 0 Å². The molecule has 3 heterocycles. The van der Waals surface area contributed by atoms with E-state index < -0.39 is 5.97 Å². The molecule has 0 radical (unpaired) electrons. The first-order chi connectivity index (χ1) is 14.5. The molecular weight excluding hydrogens is 403 g/mol. The Morgan fingerprint density at radius 3 is 2.93 bits per heavy atom. The van der Waals surface area contributed by atoms with Crippen LogP contribution in [0.25, 0.3) is 11.4 Å². The number of hydrogen-bond donors (Lipinski definition) is 1. The van der Waals surface area contributed by atoms with Crippen molar-refractivity contribution < 1.29 is 14.3 Å². The lowest BCUT2D eigenvalue weighted by atomic mass is 9.94. The Bertz CT molecular complexity index is 1150. The van der Waals surface area contributed by atoms with Gasteiger partial charge >= 0.3 is 5.97 Å². The number of nitrogens with zero attached hydrogens (tertiary/aromatic N) is 4. The SMILES string of the molecule is Cc1cc(-c2cscn2)nc(N2CCc3c(ccc(CCC(=O)O)c3F)C2)c1C#N. The summed E-state index contributed by atoms with van der Waals surface area (Å²) in [4.78, 5) is 21.8. The van der Waals surface area contributed by atoms with E-state index in [0.717, 1.165) is 16.8 Å². The van der Waals surface area contributed by atoms with Gasteiger partial charge in [0.15, 0.2) is 0 Å². The number of carboxylic acids is 1. The number of thiazole rings is 1. The number of pyridine rings is 1. The molecule has 1 aliphatic heterocycles. The zero-order chi connectivity index (χ0) is 21.3. The molecule has 0 fully saturated rings. The minimum Gasteiger partial charge on any atom is -0.481 e. The van der Waals surface area contributed by atoms with Crippen LogP contribution in [0.4, 0.5) is 10.2 Å². The van der Waals surface area contributed by atoms with Crippen LogP contribution >= 0.6 is 11.3 Å². The summed E-state index contributed by atoms with van der Waals surface area (Å²) in [7, 11) is 0. The average molecular weight is 422 g/mol. The molecule has 0 saturated heterocycles. The molecule has 4 rings (SSSR count). The normalized spacial score (nSPS) is 13.0. The van der Waals surface area contributed by atoms with Crippen LogP contribution in [0, 0.1) is 24.1 Å². The van der Waals surface area contributed by atoms with Crippen molar-refractivity contribution >= 4 is 23.1 Å². The fraction of sp³-hybridized carbons (Fsp3) is 0.273. The van der Waals surface area contributed by atoms with Gasteiger partial charge in [0.2, 0.25) is 0 Å². The number of hydrogen-bond acceptors (Lipinski definition) is 6. The number of aryl methyl sites for hydroxylation is 2. The number of carboxylic acid groups (broad SMARTS) is 1. The topological polar surface area (TPSA) is 90.1 Å². The van der Waals surface area contributed by atoms with Gasteiger partial charge in [0.05, 0.1) is 22.5 Å². The van der Waals surface area contributed by atoms with Crippen molar-refractivity contribution in [1.29, 1.82) is 5.26 Å². The van der Waals surface area contributed by atoms with Gasteiger partial charge in [-0.25, -0.2) is 14.4 Å².